The maximum Gasteiger partial charge on any atom is 0.303 e. The molecule has 8 heteroatoms. The third-order valence-corrected chi connectivity index (χ3v) is 9.47. The number of carbonyl (C=O) groups is 2. The van der Waals surface area contributed by atoms with Gasteiger partial charge in [-0.05, 0) is 91.5 Å². The molecule has 42 heavy (non-hydrogen) atoms. The summed E-state index contributed by atoms with van der Waals surface area (Å²) in [5, 5.41) is 32.7. The number of carboxylic acids is 1. The summed E-state index contributed by atoms with van der Waals surface area (Å²) in [6.45, 7) is 4.05. The van der Waals surface area contributed by atoms with E-state index in [1.807, 2.05) is 24.3 Å². The average Bonchev–Trinajstić information content (AvgIpc) is 3.92. The lowest BCUT2D eigenvalue weighted by molar-refractivity contribution is -0.137. The van der Waals surface area contributed by atoms with Crippen molar-refractivity contribution in [1.82, 2.24) is 5.32 Å². The van der Waals surface area contributed by atoms with Gasteiger partial charge in [-0.25, -0.2) is 0 Å². The van der Waals surface area contributed by atoms with Crippen molar-refractivity contribution in [2.45, 2.75) is 76.7 Å². The monoisotopic (exact) mass is 578 g/mol. The molecule has 1 saturated heterocycles. The lowest BCUT2D eigenvalue weighted by Crippen LogP contribution is -2.43. The summed E-state index contributed by atoms with van der Waals surface area (Å²) in [4.78, 5) is 26.9. The molecule has 1 amide bonds. The van der Waals surface area contributed by atoms with Crippen LogP contribution in [0.25, 0.3) is 0 Å². The summed E-state index contributed by atoms with van der Waals surface area (Å²) >= 11 is 0. The SMILES string of the molecule is CC(CCC1CC1)[C@@H](CO)NC(=O)c1ccc(O)cc1N1CCC(COc2cccc(C(CC(=O)O)C3CC3)c2)CC1. The number of hydrogen-bond donors (Lipinski definition) is 4. The van der Waals surface area contributed by atoms with Crippen LogP contribution in [0, 0.1) is 23.7 Å². The number of aliphatic hydroxyl groups is 1. The van der Waals surface area contributed by atoms with Crippen LogP contribution >= 0.6 is 0 Å². The van der Waals surface area contributed by atoms with E-state index in [-0.39, 0.29) is 42.6 Å². The van der Waals surface area contributed by atoms with Crippen LogP contribution in [0.2, 0.25) is 0 Å². The molecule has 1 aliphatic heterocycles. The molecule has 2 saturated carbocycles. The molecule has 2 aromatic carbocycles. The number of ether oxygens (including phenoxy) is 1. The number of piperidine rings is 1. The second-order valence-electron chi connectivity index (χ2n) is 12.8. The zero-order valence-electron chi connectivity index (χ0n) is 24.7. The van der Waals surface area contributed by atoms with Gasteiger partial charge in [0.1, 0.15) is 11.5 Å². The van der Waals surface area contributed by atoms with Gasteiger partial charge in [0.05, 0.1) is 36.9 Å². The minimum absolute atomic E-state index is 0.0431. The molecule has 3 aliphatic rings. The number of phenolic OH excluding ortho intramolecular Hbond substituents is 1. The smallest absolute Gasteiger partial charge is 0.303 e. The number of aliphatic carboxylic acids is 1. The average molecular weight is 579 g/mol. The van der Waals surface area contributed by atoms with Crippen LogP contribution in [0.4, 0.5) is 5.69 Å². The molecular weight excluding hydrogens is 532 g/mol. The van der Waals surface area contributed by atoms with Gasteiger partial charge in [0.25, 0.3) is 5.91 Å². The van der Waals surface area contributed by atoms with E-state index in [0.717, 1.165) is 68.8 Å². The highest BCUT2D eigenvalue weighted by Gasteiger charge is 2.34. The summed E-state index contributed by atoms with van der Waals surface area (Å²) < 4.78 is 6.19. The van der Waals surface area contributed by atoms with E-state index >= 15 is 0 Å². The first kappa shape index (κ1) is 30.2. The minimum atomic E-state index is -0.760. The van der Waals surface area contributed by atoms with Crippen LogP contribution in [-0.4, -0.2) is 59.5 Å². The third kappa shape index (κ3) is 8.18. The quantitative estimate of drug-likeness (QED) is 0.218. The molecule has 5 rings (SSSR count). The van der Waals surface area contributed by atoms with Crippen molar-refractivity contribution in [3.05, 3.63) is 53.6 Å². The lowest BCUT2D eigenvalue weighted by atomic mass is 9.91. The van der Waals surface area contributed by atoms with E-state index in [9.17, 15) is 24.9 Å². The molecule has 0 aromatic heterocycles. The summed E-state index contributed by atoms with van der Waals surface area (Å²) in [5.41, 5.74) is 2.27. The second kappa shape index (κ2) is 13.8. The topological polar surface area (TPSA) is 119 Å². The first-order valence-electron chi connectivity index (χ1n) is 15.7. The molecule has 2 unspecified atom stereocenters. The summed E-state index contributed by atoms with van der Waals surface area (Å²) in [7, 11) is 0. The second-order valence-corrected chi connectivity index (χ2v) is 12.8. The number of carbonyl (C=O) groups excluding carboxylic acids is 1. The third-order valence-electron chi connectivity index (χ3n) is 9.47. The van der Waals surface area contributed by atoms with Gasteiger partial charge in [-0.2, -0.15) is 0 Å². The number of aliphatic hydroxyl groups excluding tert-OH is 1. The largest absolute Gasteiger partial charge is 0.508 e. The van der Waals surface area contributed by atoms with Gasteiger partial charge in [0, 0.05) is 19.2 Å². The fourth-order valence-electron chi connectivity index (χ4n) is 6.33. The molecule has 0 bridgehead atoms. The van der Waals surface area contributed by atoms with Crippen molar-refractivity contribution in [2.75, 3.05) is 31.2 Å². The number of amides is 1. The van der Waals surface area contributed by atoms with Gasteiger partial charge in [-0.1, -0.05) is 38.3 Å². The normalized spacial score (nSPS) is 19.6. The molecule has 0 spiro atoms. The molecule has 3 atom stereocenters. The number of carboxylic acid groups (broad SMARTS) is 1. The standard InChI is InChI=1S/C34H46N2O6/c1-22(5-6-23-7-8-23)31(20-37)35-34(41)29-12-11-27(38)18-32(29)36-15-13-24(14-16-36)21-42-28-4-2-3-26(17-28)30(19-33(39)40)25-9-10-25/h2-4,11-12,17-18,22-25,30-31,37-38H,5-10,13-16,19-21H2,1H3,(H,35,41)(H,39,40)/t22?,30?,31-/m1/s1. The first-order chi connectivity index (χ1) is 20.3. The highest BCUT2D eigenvalue weighted by atomic mass is 16.5. The van der Waals surface area contributed by atoms with Crippen LogP contribution < -0.4 is 15.0 Å². The van der Waals surface area contributed by atoms with Crippen molar-refractivity contribution in [3.63, 3.8) is 0 Å². The maximum atomic E-state index is 13.4. The Morgan fingerprint density at radius 1 is 1.02 bits per heavy atom. The highest BCUT2D eigenvalue weighted by Crippen LogP contribution is 2.45. The van der Waals surface area contributed by atoms with Crippen LogP contribution in [-0.2, 0) is 4.79 Å². The van der Waals surface area contributed by atoms with Gasteiger partial charge in [-0.15, -0.1) is 0 Å². The maximum absolute atomic E-state index is 13.4. The van der Waals surface area contributed by atoms with Crippen molar-refractivity contribution >= 4 is 17.6 Å². The summed E-state index contributed by atoms with van der Waals surface area (Å²) in [6.07, 6.45) is 8.83. The summed E-state index contributed by atoms with van der Waals surface area (Å²) in [6, 6.07) is 12.5. The van der Waals surface area contributed by atoms with Crippen LogP contribution in [0.3, 0.4) is 0 Å². The molecule has 0 radical (unpaired) electrons. The Morgan fingerprint density at radius 2 is 1.79 bits per heavy atom. The molecular formula is C34H46N2O6. The number of anilines is 1. The van der Waals surface area contributed by atoms with E-state index < -0.39 is 5.97 Å². The van der Waals surface area contributed by atoms with Crippen LogP contribution in [0.5, 0.6) is 11.5 Å². The Kier molecular flexibility index (Phi) is 9.93. The molecule has 8 nitrogen and oxygen atoms in total. The van der Waals surface area contributed by atoms with Gasteiger partial charge < -0.3 is 30.3 Å². The number of benzene rings is 2. The molecule has 2 aliphatic carbocycles. The molecule has 228 valence electrons. The minimum Gasteiger partial charge on any atom is -0.508 e. The van der Waals surface area contributed by atoms with E-state index in [1.165, 1.54) is 12.8 Å². The van der Waals surface area contributed by atoms with E-state index in [4.69, 9.17) is 4.74 Å². The van der Waals surface area contributed by atoms with E-state index in [1.54, 1.807) is 18.2 Å². The number of hydrogen-bond acceptors (Lipinski definition) is 6. The Hall–Kier alpha value is -3.26. The highest BCUT2D eigenvalue weighted by molar-refractivity contribution is 6.00. The summed E-state index contributed by atoms with van der Waals surface area (Å²) in [5.74, 6) is 1.77. The molecule has 1 heterocycles. The van der Waals surface area contributed by atoms with Gasteiger partial charge >= 0.3 is 5.97 Å². The van der Waals surface area contributed by atoms with E-state index in [0.29, 0.717) is 29.7 Å². The number of phenols is 1. The van der Waals surface area contributed by atoms with E-state index in [2.05, 4.69) is 17.1 Å². The zero-order valence-corrected chi connectivity index (χ0v) is 24.7. The molecule has 3 fully saturated rings. The Morgan fingerprint density at radius 3 is 2.45 bits per heavy atom. The fourth-order valence-corrected chi connectivity index (χ4v) is 6.33. The first-order valence-corrected chi connectivity index (χ1v) is 15.7. The van der Waals surface area contributed by atoms with Crippen molar-refractivity contribution in [3.8, 4) is 11.5 Å². The van der Waals surface area contributed by atoms with Crippen molar-refractivity contribution in [2.24, 2.45) is 23.7 Å². The number of nitrogens with one attached hydrogen (secondary N) is 1. The number of nitrogens with zero attached hydrogens (tertiary/aromatic N) is 1. The Labute approximate surface area is 249 Å². The Bertz CT molecular complexity index is 1220. The predicted molar refractivity (Wildman–Crippen MR) is 162 cm³/mol. The predicted octanol–water partition coefficient (Wildman–Crippen LogP) is 5.57. The number of rotatable bonds is 15. The van der Waals surface area contributed by atoms with Crippen molar-refractivity contribution < 1.29 is 29.6 Å². The fraction of sp³-hybridized carbons (Fsp3) is 0.588. The molecule has 4 N–H and O–H groups in total. The van der Waals surface area contributed by atoms with Crippen molar-refractivity contribution in [1.29, 1.82) is 0 Å². The van der Waals surface area contributed by atoms with Crippen LogP contribution in [0.15, 0.2) is 42.5 Å². The Balaban J connectivity index is 1.15. The lowest BCUT2D eigenvalue weighted by Gasteiger charge is -2.35. The van der Waals surface area contributed by atoms with Gasteiger partial charge in [0.15, 0.2) is 0 Å². The van der Waals surface area contributed by atoms with Crippen LogP contribution in [0.1, 0.15) is 86.6 Å². The van der Waals surface area contributed by atoms with Gasteiger partial charge in [-0.3, -0.25) is 9.59 Å². The number of aromatic hydroxyl groups is 1. The zero-order chi connectivity index (χ0) is 29.6. The van der Waals surface area contributed by atoms with Gasteiger partial charge in [0.2, 0.25) is 0 Å². The molecule has 2 aromatic rings.